The lowest BCUT2D eigenvalue weighted by Crippen LogP contribution is -2.10. The molecule has 0 aliphatic carbocycles. The Hall–Kier alpha value is -7.15. The minimum absolute atomic E-state index is 0.0301. The summed E-state index contributed by atoms with van der Waals surface area (Å²) in [6.45, 7) is 13.6. The SMILES string of the molecule is CC(C)(C)c1ccc2c(c1)c1ccc(-c3ccccc3)cc1n2-c1cc(C#N)cc(-n2c3ccc(C(C)(C)C)cc3c3ccc(-c4ccccc4)cc32)c1-c1ccccc1. The van der Waals surface area contributed by atoms with Gasteiger partial charge >= 0.3 is 0 Å². The summed E-state index contributed by atoms with van der Waals surface area (Å²) in [5, 5.41) is 15.7. The molecule has 0 unspecified atom stereocenters. The molecular formula is C57H47N3. The zero-order valence-electron chi connectivity index (χ0n) is 35.1. The number of hydrogen-bond acceptors (Lipinski definition) is 1. The Balaban J connectivity index is 1.37. The van der Waals surface area contributed by atoms with Crippen LogP contribution in [0.4, 0.5) is 0 Å². The van der Waals surface area contributed by atoms with Gasteiger partial charge in [0.15, 0.2) is 0 Å². The van der Waals surface area contributed by atoms with Gasteiger partial charge in [-0.05, 0) is 98.3 Å². The van der Waals surface area contributed by atoms with Gasteiger partial charge < -0.3 is 9.13 Å². The summed E-state index contributed by atoms with van der Waals surface area (Å²) in [4.78, 5) is 0. The van der Waals surface area contributed by atoms with Gasteiger partial charge in [0.2, 0.25) is 0 Å². The number of nitriles is 1. The lowest BCUT2D eigenvalue weighted by Gasteiger charge is -2.22. The van der Waals surface area contributed by atoms with E-state index < -0.39 is 0 Å². The van der Waals surface area contributed by atoms with Crippen LogP contribution in [-0.4, -0.2) is 9.13 Å². The minimum atomic E-state index is -0.0301. The molecule has 0 atom stereocenters. The molecule has 0 N–H and O–H groups in total. The third-order valence-electron chi connectivity index (χ3n) is 12.2. The summed E-state index contributed by atoms with van der Waals surface area (Å²) in [5.74, 6) is 0. The quantitative estimate of drug-likeness (QED) is 0.171. The number of fused-ring (bicyclic) bond motifs is 6. The normalized spacial score (nSPS) is 12.2. The van der Waals surface area contributed by atoms with Crippen molar-refractivity contribution in [2.24, 2.45) is 0 Å². The Bertz CT molecular complexity index is 3110. The van der Waals surface area contributed by atoms with Crippen molar-refractivity contribution in [3.63, 3.8) is 0 Å². The van der Waals surface area contributed by atoms with Crippen molar-refractivity contribution >= 4 is 43.6 Å². The van der Waals surface area contributed by atoms with Crippen LogP contribution in [0.15, 0.2) is 176 Å². The van der Waals surface area contributed by atoms with Crippen molar-refractivity contribution < 1.29 is 0 Å². The lowest BCUT2D eigenvalue weighted by molar-refractivity contribution is 0.591. The van der Waals surface area contributed by atoms with Crippen molar-refractivity contribution in [2.45, 2.75) is 52.4 Å². The smallest absolute Gasteiger partial charge is 0.0993 e. The summed E-state index contributed by atoms with van der Waals surface area (Å²) in [5.41, 5.74) is 16.2. The molecular weight excluding hydrogens is 727 g/mol. The van der Waals surface area contributed by atoms with Gasteiger partial charge in [-0.2, -0.15) is 5.26 Å². The number of nitrogens with zero attached hydrogens (tertiary/aromatic N) is 3. The van der Waals surface area contributed by atoms with Crippen LogP contribution in [0.5, 0.6) is 0 Å². The largest absolute Gasteiger partial charge is 0.308 e. The zero-order valence-corrected chi connectivity index (χ0v) is 35.1. The van der Waals surface area contributed by atoms with E-state index in [1.54, 1.807) is 0 Å². The van der Waals surface area contributed by atoms with Gasteiger partial charge in [-0.15, -0.1) is 0 Å². The second-order valence-electron chi connectivity index (χ2n) is 18.2. The van der Waals surface area contributed by atoms with Crippen LogP contribution in [0.3, 0.4) is 0 Å². The maximum Gasteiger partial charge on any atom is 0.0993 e. The van der Waals surface area contributed by atoms with Crippen molar-refractivity contribution in [1.29, 1.82) is 5.26 Å². The average molecular weight is 774 g/mol. The van der Waals surface area contributed by atoms with Gasteiger partial charge in [0.05, 0.1) is 45.1 Å². The van der Waals surface area contributed by atoms with Crippen LogP contribution in [0.25, 0.3) is 88.4 Å². The predicted octanol–water partition coefficient (Wildman–Crippen LogP) is 15.3. The molecule has 10 rings (SSSR count). The fraction of sp³-hybridized carbons (Fsp3) is 0.140. The molecule has 0 aliphatic heterocycles. The molecule has 10 aromatic rings. The topological polar surface area (TPSA) is 33.6 Å². The highest BCUT2D eigenvalue weighted by molar-refractivity contribution is 6.13. The molecule has 0 saturated carbocycles. The molecule has 0 spiro atoms. The van der Waals surface area contributed by atoms with Crippen molar-refractivity contribution in [1.82, 2.24) is 9.13 Å². The van der Waals surface area contributed by atoms with Gasteiger partial charge in [0.25, 0.3) is 0 Å². The molecule has 2 heterocycles. The number of rotatable bonds is 5. The van der Waals surface area contributed by atoms with Gasteiger partial charge in [-0.3, -0.25) is 0 Å². The van der Waals surface area contributed by atoms with E-state index in [1.165, 1.54) is 32.7 Å². The van der Waals surface area contributed by atoms with E-state index in [0.717, 1.165) is 66.8 Å². The Morgan fingerprint density at radius 1 is 0.367 bits per heavy atom. The molecule has 0 amide bonds. The standard InChI is InChI=1S/C57H47N3/c1-56(2,3)43-24-28-49-47(34-43)45-26-22-41(38-16-10-7-11-17-38)32-51(45)59(49)53-30-37(36-58)31-54(55(53)40-20-14-9-15-21-40)60-50-29-25-44(57(4,5)6)35-48(50)46-27-23-42(33-52(46)60)39-18-12-8-13-19-39/h7-35H,1-6H3. The summed E-state index contributed by atoms with van der Waals surface area (Å²) in [6.07, 6.45) is 0. The van der Waals surface area contributed by atoms with Crippen molar-refractivity contribution in [3.8, 4) is 50.8 Å². The maximum atomic E-state index is 11.0. The molecule has 3 heteroatoms. The maximum absolute atomic E-state index is 11.0. The summed E-state index contributed by atoms with van der Waals surface area (Å²) in [7, 11) is 0. The van der Waals surface area contributed by atoms with Gasteiger partial charge in [-0.25, -0.2) is 0 Å². The fourth-order valence-electron chi connectivity index (χ4n) is 9.04. The predicted molar refractivity (Wildman–Crippen MR) is 254 cm³/mol. The fourth-order valence-corrected chi connectivity index (χ4v) is 9.04. The zero-order chi connectivity index (χ0) is 41.3. The van der Waals surface area contributed by atoms with Crippen LogP contribution in [-0.2, 0) is 10.8 Å². The highest BCUT2D eigenvalue weighted by Crippen LogP contribution is 2.45. The first kappa shape index (κ1) is 37.1. The Morgan fingerprint density at radius 3 is 1.15 bits per heavy atom. The highest BCUT2D eigenvalue weighted by Gasteiger charge is 2.26. The van der Waals surface area contributed by atoms with Crippen LogP contribution in [0.2, 0.25) is 0 Å². The Labute approximate surface area is 352 Å². The van der Waals surface area contributed by atoms with E-state index in [4.69, 9.17) is 0 Å². The minimum Gasteiger partial charge on any atom is -0.308 e. The summed E-state index contributed by atoms with van der Waals surface area (Å²) in [6, 6.07) is 66.3. The first-order valence-electron chi connectivity index (χ1n) is 20.9. The van der Waals surface area contributed by atoms with E-state index in [1.807, 2.05) is 0 Å². The van der Waals surface area contributed by atoms with E-state index in [9.17, 15) is 5.26 Å². The molecule has 290 valence electrons. The molecule has 3 nitrogen and oxygen atoms in total. The van der Waals surface area contributed by atoms with Crippen molar-refractivity contribution in [2.75, 3.05) is 0 Å². The number of hydrogen-bond donors (Lipinski definition) is 0. The molecule has 0 aliphatic rings. The third kappa shape index (κ3) is 6.19. The lowest BCUT2D eigenvalue weighted by atomic mass is 9.86. The Morgan fingerprint density at radius 2 is 0.767 bits per heavy atom. The Kier molecular flexibility index (Phi) is 8.67. The third-order valence-corrected chi connectivity index (χ3v) is 12.2. The highest BCUT2D eigenvalue weighted by atomic mass is 15.0. The molecule has 0 saturated heterocycles. The monoisotopic (exact) mass is 773 g/mol. The first-order chi connectivity index (χ1) is 29.0. The summed E-state index contributed by atoms with van der Waals surface area (Å²) < 4.78 is 4.83. The second kappa shape index (κ2) is 14.0. The average Bonchev–Trinajstić information content (AvgIpc) is 3.77. The van der Waals surface area contributed by atoms with E-state index in [-0.39, 0.29) is 10.8 Å². The molecule has 0 bridgehead atoms. The van der Waals surface area contributed by atoms with Gasteiger partial charge in [-0.1, -0.05) is 169 Å². The van der Waals surface area contributed by atoms with E-state index in [0.29, 0.717) is 5.56 Å². The van der Waals surface area contributed by atoms with Crippen LogP contribution < -0.4 is 0 Å². The molecule has 60 heavy (non-hydrogen) atoms. The first-order valence-corrected chi connectivity index (χ1v) is 20.9. The van der Waals surface area contributed by atoms with Crippen LogP contribution >= 0.6 is 0 Å². The molecule has 0 fully saturated rings. The van der Waals surface area contributed by atoms with Crippen molar-refractivity contribution in [3.05, 3.63) is 193 Å². The molecule has 2 aromatic heterocycles. The van der Waals surface area contributed by atoms with Gasteiger partial charge in [0, 0.05) is 27.1 Å². The molecule has 8 aromatic carbocycles. The van der Waals surface area contributed by atoms with Gasteiger partial charge in [0.1, 0.15) is 0 Å². The number of aromatic nitrogens is 2. The summed E-state index contributed by atoms with van der Waals surface area (Å²) >= 11 is 0. The van der Waals surface area contributed by atoms with E-state index >= 15 is 0 Å². The van der Waals surface area contributed by atoms with E-state index in [2.05, 4.69) is 233 Å². The van der Waals surface area contributed by atoms with Crippen LogP contribution in [0.1, 0.15) is 58.2 Å². The second-order valence-corrected chi connectivity index (χ2v) is 18.2. The van der Waals surface area contributed by atoms with Crippen LogP contribution in [0, 0.1) is 11.3 Å². The number of benzene rings is 8. The molecule has 0 radical (unpaired) electrons.